The van der Waals surface area contributed by atoms with Gasteiger partial charge in [0.15, 0.2) is 0 Å². The van der Waals surface area contributed by atoms with E-state index in [4.69, 9.17) is 5.73 Å². The van der Waals surface area contributed by atoms with Gasteiger partial charge in [-0.25, -0.2) is 0 Å². The Morgan fingerprint density at radius 2 is 2.10 bits per heavy atom. The van der Waals surface area contributed by atoms with Gasteiger partial charge in [0.25, 0.3) is 5.91 Å². The average Bonchev–Trinajstić information content (AvgIpc) is 3.22. The van der Waals surface area contributed by atoms with Crippen LogP contribution < -0.4 is 5.73 Å². The molecule has 3 nitrogen and oxygen atoms in total. The van der Waals surface area contributed by atoms with E-state index in [0.29, 0.717) is 12.5 Å². The van der Waals surface area contributed by atoms with Crippen molar-refractivity contribution in [2.45, 2.75) is 25.1 Å². The third kappa shape index (κ3) is 3.12. The topological polar surface area (TPSA) is 46.3 Å². The van der Waals surface area contributed by atoms with Gasteiger partial charge in [-0.15, -0.1) is 0 Å². The summed E-state index contributed by atoms with van der Waals surface area (Å²) in [5, 5.41) is 0. The van der Waals surface area contributed by atoms with Crippen LogP contribution in [-0.2, 0) is 6.18 Å². The minimum absolute atomic E-state index is 0.0430. The summed E-state index contributed by atoms with van der Waals surface area (Å²) in [6.07, 6.45) is -2.41. The lowest BCUT2D eigenvalue weighted by molar-refractivity contribution is -0.137. The molecule has 0 aliphatic heterocycles. The zero-order valence-corrected chi connectivity index (χ0v) is 11.2. The Morgan fingerprint density at radius 1 is 1.45 bits per heavy atom. The molecule has 0 spiro atoms. The first kappa shape index (κ1) is 14.8. The lowest BCUT2D eigenvalue weighted by Crippen LogP contribution is -2.43. The number of carbonyl (C=O) groups excluding carboxylic acids is 1. The molecule has 1 aromatic carbocycles. The number of carbonyl (C=O) groups is 1. The second-order valence-electron chi connectivity index (χ2n) is 5.14. The van der Waals surface area contributed by atoms with Crippen molar-refractivity contribution in [3.8, 4) is 0 Å². The molecule has 1 aromatic rings. The Kier molecular flexibility index (Phi) is 4.04. The number of benzene rings is 1. The van der Waals surface area contributed by atoms with E-state index in [1.54, 1.807) is 7.05 Å². The van der Waals surface area contributed by atoms with Gasteiger partial charge < -0.3 is 10.6 Å². The van der Waals surface area contributed by atoms with Crippen molar-refractivity contribution in [2.24, 2.45) is 11.7 Å². The molecular weight excluding hydrogens is 269 g/mol. The lowest BCUT2D eigenvalue weighted by Gasteiger charge is -2.27. The molecule has 1 saturated carbocycles. The third-order valence-corrected chi connectivity index (χ3v) is 3.66. The summed E-state index contributed by atoms with van der Waals surface area (Å²) < 4.78 is 38.0. The van der Waals surface area contributed by atoms with Crippen LogP contribution in [0.3, 0.4) is 0 Å². The number of likely N-dealkylation sites (N-methyl/N-ethyl adjacent to an activating group) is 1. The van der Waals surface area contributed by atoms with E-state index in [-0.39, 0.29) is 11.6 Å². The van der Waals surface area contributed by atoms with Crippen molar-refractivity contribution in [1.29, 1.82) is 0 Å². The number of nitrogens with zero attached hydrogens (tertiary/aromatic N) is 1. The largest absolute Gasteiger partial charge is 0.416 e. The van der Waals surface area contributed by atoms with Gasteiger partial charge in [-0.2, -0.15) is 13.2 Å². The van der Waals surface area contributed by atoms with E-state index in [1.807, 2.05) is 0 Å². The Morgan fingerprint density at radius 3 is 2.60 bits per heavy atom. The van der Waals surface area contributed by atoms with Gasteiger partial charge in [-0.1, -0.05) is 6.07 Å². The van der Waals surface area contributed by atoms with E-state index in [2.05, 4.69) is 0 Å². The van der Waals surface area contributed by atoms with Gasteiger partial charge in [0.1, 0.15) is 0 Å². The number of amides is 1. The average molecular weight is 286 g/mol. The molecule has 1 amide bonds. The molecule has 110 valence electrons. The van der Waals surface area contributed by atoms with Crippen LogP contribution in [0.15, 0.2) is 24.3 Å². The lowest BCUT2D eigenvalue weighted by atomic mass is 10.1. The van der Waals surface area contributed by atoms with Gasteiger partial charge in [-0.05, 0) is 37.0 Å². The molecule has 0 heterocycles. The molecule has 1 unspecified atom stereocenters. The molecule has 0 aromatic heterocycles. The van der Waals surface area contributed by atoms with Gasteiger partial charge >= 0.3 is 6.18 Å². The first-order valence-electron chi connectivity index (χ1n) is 6.49. The van der Waals surface area contributed by atoms with E-state index < -0.39 is 17.6 Å². The predicted molar refractivity (Wildman–Crippen MR) is 69.1 cm³/mol. The SMILES string of the molecule is CN(C(=O)c1cccc(C(F)(F)F)c1)C(CN)C1CC1. The Balaban J connectivity index is 2.20. The van der Waals surface area contributed by atoms with Crippen molar-refractivity contribution in [1.82, 2.24) is 4.90 Å². The summed E-state index contributed by atoms with van der Waals surface area (Å²) in [5.74, 6) is -0.0433. The van der Waals surface area contributed by atoms with Crippen molar-refractivity contribution in [3.63, 3.8) is 0 Å². The Bertz CT molecular complexity index is 497. The minimum Gasteiger partial charge on any atom is -0.337 e. The van der Waals surface area contributed by atoms with Gasteiger partial charge in [0.05, 0.1) is 5.56 Å². The fourth-order valence-corrected chi connectivity index (χ4v) is 2.33. The molecule has 1 fully saturated rings. The molecule has 2 rings (SSSR count). The second-order valence-corrected chi connectivity index (χ2v) is 5.14. The van der Waals surface area contributed by atoms with Crippen molar-refractivity contribution < 1.29 is 18.0 Å². The van der Waals surface area contributed by atoms with Gasteiger partial charge in [-0.3, -0.25) is 4.79 Å². The van der Waals surface area contributed by atoms with E-state index in [1.165, 1.54) is 17.0 Å². The second kappa shape index (κ2) is 5.44. The van der Waals surface area contributed by atoms with Crippen LogP contribution in [-0.4, -0.2) is 30.4 Å². The quantitative estimate of drug-likeness (QED) is 0.924. The van der Waals surface area contributed by atoms with Crippen LogP contribution in [0.5, 0.6) is 0 Å². The smallest absolute Gasteiger partial charge is 0.337 e. The maximum absolute atomic E-state index is 12.7. The molecule has 0 saturated heterocycles. The summed E-state index contributed by atoms with van der Waals surface area (Å²) >= 11 is 0. The van der Waals surface area contributed by atoms with Crippen molar-refractivity contribution in [2.75, 3.05) is 13.6 Å². The Labute approximate surface area is 115 Å². The first-order valence-corrected chi connectivity index (χ1v) is 6.49. The van der Waals surface area contributed by atoms with Gasteiger partial charge in [0.2, 0.25) is 0 Å². The summed E-state index contributed by atoms with van der Waals surface area (Å²) in [4.78, 5) is 13.7. The standard InChI is InChI=1S/C14H17F3N2O/c1-19(12(8-18)9-5-6-9)13(20)10-3-2-4-11(7-10)14(15,16)17/h2-4,7,9,12H,5-6,8,18H2,1H3. The van der Waals surface area contributed by atoms with Crippen molar-refractivity contribution >= 4 is 5.91 Å². The molecule has 1 aliphatic rings. The van der Waals surface area contributed by atoms with Crippen LogP contribution in [0.1, 0.15) is 28.8 Å². The van der Waals surface area contributed by atoms with Crippen LogP contribution >= 0.6 is 0 Å². The number of alkyl halides is 3. The van der Waals surface area contributed by atoms with E-state index >= 15 is 0 Å². The zero-order valence-electron chi connectivity index (χ0n) is 11.2. The summed E-state index contributed by atoms with van der Waals surface area (Å²) in [7, 11) is 1.60. The molecule has 0 radical (unpaired) electrons. The minimum atomic E-state index is -4.45. The molecular formula is C14H17F3N2O. The number of nitrogens with two attached hydrogens (primary N) is 1. The molecule has 2 N–H and O–H groups in total. The van der Waals surface area contributed by atoms with Crippen LogP contribution in [0.4, 0.5) is 13.2 Å². The zero-order chi connectivity index (χ0) is 14.9. The maximum Gasteiger partial charge on any atom is 0.416 e. The molecule has 0 bridgehead atoms. The number of hydrogen-bond donors (Lipinski definition) is 1. The fraction of sp³-hybridized carbons (Fsp3) is 0.500. The first-order chi connectivity index (χ1) is 9.34. The summed E-state index contributed by atoms with van der Waals surface area (Å²) in [6, 6.07) is 4.39. The van der Waals surface area contributed by atoms with Crippen molar-refractivity contribution in [3.05, 3.63) is 35.4 Å². The predicted octanol–water partition coefficient (Wildman–Crippen LogP) is 2.51. The highest BCUT2D eigenvalue weighted by molar-refractivity contribution is 5.94. The highest BCUT2D eigenvalue weighted by Crippen LogP contribution is 2.35. The molecule has 20 heavy (non-hydrogen) atoms. The fourth-order valence-electron chi connectivity index (χ4n) is 2.33. The number of hydrogen-bond acceptors (Lipinski definition) is 2. The molecule has 1 aliphatic carbocycles. The van der Waals surface area contributed by atoms with Crippen LogP contribution in [0, 0.1) is 5.92 Å². The summed E-state index contributed by atoms with van der Waals surface area (Å²) in [6.45, 7) is 0.325. The molecule has 1 atom stereocenters. The third-order valence-electron chi connectivity index (χ3n) is 3.66. The number of halogens is 3. The van der Waals surface area contributed by atoms with Crippen LogP contribution in [0.2, 0.25) is 0 Å². The normalized spacial score (nSPS) is 16.9. The van der Waals surface area contributed by atoms with E-state index in [9.17, 15) is 18.0 Å². The number of rotatable bonds is 4. The maximum atomic E-state index is 12.7. The summed E-state index contributed by atoms with van der Waals surface area (Å²) in [5.41, 5.74) is 4.89. The van der Waals surface area contributed by atoms with E-state index in [0.717, 1.165) is 25.0 Å². The highest BCUT2D eigenvalue weighted by Gasteiger charge is 2.36. The van der Waals surface area contributed by atoms with Gasteiger partial charge in [0, 0.05) is 25.2 Å². The monoisotopic (exact) mass is 286 g/mol. The molecule has 6 heteroatoms. The Hall–Kier alpha value is -1.56. The highest BCUT2D eigenvalue weighted by atomic mass is 19.4. The van der Waals surface area contributed by atoms with Crippen LogP contribution in [0.25, 0.3) is 0 Å².